The van der Waals surface area contributed by atoms with E-state index in [9.17, 15) is 17.8 Å². The molecule has 1 saturated heterocycles. The number of nitrogens with zero attached hydrogens (tertiary/aromatic N) is 1. The van der Waals surface area contributed by atoms with E-state index in [-0.39, 0.29) is 11.4 Å². The SMILES string of the molecule is CCCCC(C1CNCCC1S(=O)(=O)O)n1c(=O)c(-c2cccc(C(=N)N)c2)cc2ccccc21. The van der Waals surface area contributed by atoms with E-state index in [1.165, 1.54) is 0 Å². The van der Waals surface area contributed by atoms with Gasteiger partial charge in [0, 0.05) is 29.6 Å². The van der Waals surface area contributed by atoms with E-state index >= 15 is 0 Å². The molecule has 8 nitrogen and oxygen atoms in total. The van der Waals surface area contributed by atoms with E-state index < -0.39 is 27.3 Å². The first-order valence-electron chi connectivity index (χ1n) is 12.0. The van der Waals surface area contributed by atoms with Gasteiger partial charge < -0.3 is 15.6 Å². The van der Waals surface area contributed by atoms with Crippen LogP contribution in [0.1, 0.15) is 44.2 Å². The molecule has 0 saturated carbocycles. The number of rotatable bonds is 8. The van der Waals surface area contributed by atoms with Crippen molar-refractivity contribution < 1.29 is 13.0 Å². The summed E-state index contributed by atoms with van der Waals surface area (Å²) in [5, 5.41) is 11.0. The third kappa shape index (κ3) is 5.17. The molecule has 3 atom stereocenters. The molecule has 4 rings (SSSR count). The largest absolute Gasteiger partial charge is 0.384 e. The number of hydrogen-bond acceptors (Lipinski definition) is 5. The van der Waals surface area contributed by atoms with Gasteiger partial charge in [0.05, 0.1) is 10.8 Å². The number of nitrogens with one attached hydrogen (secondary N) is 2. The molecule has 0 radical (unpaired) electrons. The Morgan fingerprint density at radius 2 is 2.00 bits per heavy atom. The van der Waals surface area contributed by atoms with Crippen LogP contribution in [0.25, 0.3) is 22.0 Å². The van der Waals surface area contributed by atoms with Gasteiger partial charge in [-0.3, -0.25) is 14.8 Å². The number of benzene rings is 2. The van der Waals surface area contributed by atoms with Gasteiger partial charge >= 0.3 is 0 Å². The van der Waals surface area contributed by atoms with E-state index in [1.807, 2.05) is 36.4 Å². The summed E-state index contributed by atoms with van der Waals surface area (Å²) in [5.41, 5.74) is 7.81. The molecule has 0 aliphatic carbocycles. The number of fused-ring (bicyclic) bond motifs is 1. The molecule has 1 aliphatic heterocycles. The zero-order chi connectivity index (χ0) is 25.2. The first-order chi connectivity index (χ1) is 16.7. The van der Waals surface area contributed by atoms with Crippen molar-refractivity contribution in [3.8, 4) is 11.1 Å². The number of piperidine rings is 1. The minimum atomic E-state index is -4.29. The molecule has 3 aromatic rings. The van der Waals surface area contributed by atoms with Crippen LogP contribution in [0.15, 0.2) is 59.4 Å². The van der Waals surface area contributed by atoms with Gasteiger partial charge in [-0.1, -0.05) is 56.2 Å². The van der Waals surface area contributed by atoms with Crippen LogP contribution in [0.3, 0.4) is 0 Å². The topological polar surface area (TPSA) is 138 Å². The molecule has 3 unspecified atom stereocenters. The number of nitrogens with two attached hydrogens (primary N) is 1. The van der Waals surface area contributed by atoms with Crippen molar-refractivity contribution in [2.45, 2.75) is 43.9 Å². The summed E-state index contributed by atoms with van der Waals surface area (Å²) in [6.45, 7) is 2.94. The van der Waals surface area contributed by atoms with E-state index in [4.69, 9.17) is 11.1 Å². The molecule has 1 aliphatic rings. The average molecular weight is 497 g/mol. The second kappa shape index (κ2) is 10.3. The smallest absolute Gasteiger partial charge is 0.268 e. The second-order valence-corrected chi connectivity index (χ2v) is 10.8. The Morgan fingerprint density at radius 3 is 2.71 bits per heavy atom. The van der Waals surface area contributed by atoms with Gasteiger partial charge in [-0.25, -0.2) is 0 Å². The van der Waals surface area contributed by atoms with Crippen molar-refractivity contribution in [2.24, 2.45) is 11.7 Å². The van der Waals surface area contributed by atoms with Gasteiger partial charge in [0.15, 0.2) is 0 Å². The van der Waals surface area contributed by atoms with Crippen LogP contribution in [-0.4, -0.2) is 41.7 Å². The Morgan fingerprint density at radius 1 is 1.23 bits per heavy atom. The first-order valence-corrected chi connectivity index (χ1v) is 13.5. The molecule has 2 aromatic carbocycles. The van der Waals surface area contributed by atoms with Crippen LogP contribution in [0.4, 0.5) is 0 Å². The summed E-state index contributed by atoms with van der Waals surface area (Å²) in [7, 11) is -4.29. The first kappa shape index (κ1) is 25.1. The van der Waals surface area contributed by atoms with E-state index in [2.05, 4.69) is 12.2 Å². The molecular formula is C26H32N4O4S. The fourth-order valence-electron chi connectivity index (χ4n) is 5.24. The number of hydrogen-bond donors (Lipinski definition) is 4. The van der Waals surface area contributed by atoms with E-state index in [0.717, 1.165) is 23.7 Å². The molecule has 1 fully saturated rings. The lowest BCUT2D eigenvalue weighted by Crippen LogP contribution is -2.49. The monoisotopic (exact) mass is 496 g/mol. The zero-order valence-corrected chi connectivity index (χ0v) is 20.6. The summed E-state index contributed by atoms with van der Waals surface area (Å²) in [6, 6.07) is 16.0. The number of unbranched alkanes of at least 4 members (excludes halogenated alkanes) is 1. The van der Waals surface area contributed by atoms with Crippen LogP contribution in [-0.2, 0) is 10.1 Å². The molecule has 1 aromatic heterocycles. The highest BCUT2D eigenvalue weighted by atomic mass is 32.2. The molecule has 35 heavy (non-hydrogen) atoms. The molecule has 5 N–H and O–H groups in total. The highest BCUT2D eigenvalue weighted by Gasteiger charge is 2.40. The normalized spacial score (nSPS) is 19.5. The third-order valence-electron chi connectivity index (χ3n) is 6.96. The maximum absolute atomic E-state index is 14.1. The summed E-state index contributed by atoms with van der Waals surface area (Å²) in [6.07, 6.45) is 2.60. The Labute approximate surface area is 205 Å². The van der Waals surface area contributed by atoms with Crippen LogP contribution in [0.5, 0.6) is 0 Å². The molecule has 0 amide bonds. The van der Waals surface area contributed by atoms with Crippen molar-refractivity contribution in [2.75, 3.05) is 13.1 Å². The quantitative estimate of drug-likeness (QED) is 0.214. The fourth-order valence-corrected chi connectivity index (χ4v) is 6.37. The van der Waals surface area contributed by atoms with Crippen LogP contribution >= 0.6 is 0 Å². The van der Waals surface area contributed by atoms with Gasteiger partial charge in [-0.2, -0.15) is 8.42 Å². The predicted octanol–water partition coefficient (Wildman–Crippen LogP) is 3.55. The Kier molecular flexibility index (Phi) is 7.39. The summed E-state index contributed by atoms with van der Waals surface area (Å²) >= 11 is 0. The lowest BCUT2D eigenvalue weighted by atomic mass is 9.87. The van der Waals surface area contributed by atoms with Gasteiger partial charge in [0.2, 0.25) is 0 Å². The summed E-state index contributed by atoms with van der Waals surface area (Å²) < 4.78 is 36.5. The van der Waals surface area contributed by atoms with Crippen molar-refractivity contribution in [3.63, 3.8) is 0 Å². The maximum Gasteiger partial charge on any atom is 0.268 e. The van der Waals surface area contributed by atoms with E-state index in [0.29, 0.717) is 42.6 Å². The maximum atomic E-state index is 14.1. The summed E-state index contributed by atoms with van der Waals surface area (Å²) in [5.74, 6) is -0.553. The van der Waals surface area contributed by atoms with Crippen LogP contribution in [0, 0.1) is 11.3 Å². The molecular weight excluding hydrogens is 464 g/mol. The number of pyridine rings is 1. The Balaban J connectivity index is 1.98. The van der Waals surface area contributed by atoms with Crippen molar-refractivity contribution >= 4 is 26.9 Å². The Bertz CT molecular complexity index is 1400. The molecule has 9 heteroatoms. The number of nitrogen functional groups attached to an aromatic ring is 1. The number of amidine groups is 1. The van der Waals surface area contributed by atoms with Gasteiger partial charge in [-0.05, 0) is 48.5 Å². The zero-order valence-electron chi connectivity index (χ0n) is 19.8. The van der Waals surface area contributed by atoms with Gasteiger partial charge in [0.1, 0.15) is 5.84 Å². The molecule has 0 bridgehead atoms. The number of aromatic nitrogens is 1. The van der Waals surface area contributed by atoms with Crippen molar-refractivity contribution in [1.29, 1.82) is 5.41 Å². The van der Waals surface area contributed by atoms with Crippen molar-refractivity contribution in [3.05, 3.63) is 70.5 Å². The van der Waals surface area contributed by atoms with Crippen LogP contribution < -0.4 is 16.6 Å². The Hall–Kier alpha value is -3.01. The molecule has 0 spiro atoms. The minimum Gasteiger partial charge on any atom is -0.384 e. The van der Waals surface area contributed by atoms with E-state index in [1.54, 1.807) is 22.8 Å². The minimum absolute atomic E-state index is 0.0851. The average Bonchev–Trinajstić information content (AvgIpc) is 2.84. The standard InChI is InChI=1S/C26H32N4O4S/c1-2-3-10-23(21-16-29-13-12-24(21)35(32,33)34)30-22-11-5-4-7-18(22)15-20(26(30)31)17-8-6-9-19(14-17)25(27)28/h4-9,11,14-15,21,23-24,29H,2-3,10,12-13,16H2,1H3,(H3,27,28)(H,32,33,34). The molecule has 186 valence electrons. The highest BCUT2D eigenvalue weighted by Crippen LogP contribution is 2.35. The predicted molar refractivity (Wildman–Crippen MR) is 140 cm³/mol. The number of para-hydroxylation sites is 1. The lowest BCUT2D eigenvalue weighted by molar-refractivity contribution is 0.243. The summed E-state index contributed by atoms with van der Waals surface area (Å²) in [4.78, 5) is 14.1. The third-order valence-corrected chi connectivity index (χ3v) is 8.31. The van der Waals surface area contributed by atoms with Crippen molar-refractivity contribution in [1.82, 2.24) is 9.88 Å². The fraction of sp³-hybridized carbons (Fsp3) is 0.385. The van der Waals surface area contributed by atoms with Gasteiger partial charge in [-0.15, -0.1) is 0 Å². The highest BCUT2D eigenvalue weighted by molar-refractivity contribution is 7.86. The van der Waals surface area contributed by atoms with Crippen LogP contribution in [0.2, 0.25) is 0 Å². The lowest BCUT2D eigenvalue weighted by Gasteiger charge is -2.37. The molecule has 2 heterocycles. The van der Waals surface area contributed by atoms with Gasteiger partial charge in [0.25, 0.3) is 15.7 Å². The second-order valence-electron chi connectivity index (χ2n) is 9.21.